The van der Waals surface area contributed by atoms with Crippen molar-refractivity contribution in [1.29, 1.82) is 0 Å². The van der Waals surface area contributed by atoms with Crippen LogP contribution < -0.4 is 4.90 Å². The molecule has 2 aliphatic rings. The summed E-state index contributed by atoms with van der Waals surface area (Å²) in [7, 11) is 0. The van der Waals surface area contributed by atoms with Gasteiger partial charge in [0.05, 0.1) is 5.88 Å². The molecule has 1 aromatic heterocycles. The number of alkyl halides is 1. The Morgan fingerprint density at radius 3 is 2.80 bits per heavy atom. The van der Waals surface area contributed by atoms with E-state index >= 15 is 0 Å². The summed E-state index contributed by atoms with van der Waals surface area (Å²) in [6, 6.07) is 2.78. The molecule has 1 atom stereocenters. The first-order chi connectivity index (χ1) is 9.78. The number of nitrogens with zero attached hydrogens (tertiary/aromatic N) is 3. The Balaban J connectivity index is 1.70. The first-order valence-electron chi connectivity index (χ1n) is 7.47. The third-order valence-corrected chi connectivity index (χ3v) is 5.15. The third-order valence-electron chi connectivity index (χ3n) is 4.42. The smallest absolute Gasteiger partial charge is 0.133 e. The van der Waals surface area contributed by atoms with Crippen molar-refractivity contribution in [3.05, 3.63) is 22.3 Å². The molecule has 0 radical (unpaired) electrons. The number of likely N-dealkylation sites (tertiary alicyclic amines) is 1. The van der Waals surface area contributed by atoms with E-state index in [9.17, 15) is 0 Å². The third kappa shape index (κ3) is 3.12. The van der Waals surface area contributed by atoms with Crippen molar-refractivity contribution < 1.29 is 0 Å². The highest BCUT2D eigenvalue weighted by Crippen LogP contribution is 2.28. The van der Waals surface area contributed by atoms with Crippen molar-refractivity contribution in [2.24, 2.45) is 0 Å². The van der Waals surface area contributed by atoms with E-state index in [0.29, 0.717) is 11.9 Å². The van der Waals surface area contributed by atoms with Gasteiger partial charge in [-0.2, -0.15) is 0 Å². The van der Waals surface area contributed by atoms with Crippen molar-refractivity contribution >= 4 is 33.3 Å². The van der Waals surface area contributed by atoms with Crippen molar-refractivity contribution in [1.82, 2.24) is 9.88 Å². The number of rotatable bonds is 3. The van der Waals surface area contributed by atoms with Crippen LogP contribution in [0.1, 0.15) is 31.2 Å². The number of hydrogen-bond acceptors (Lipinski definition) is 3. The summed E-state index contributed by atoms with van der Waals surface area (Å²) in [4.78, 5) is 9.66. The van der Waals surface area contributed by atoms with Crippen LogP contribution in [-0.4, -0.2) is 42.1 Å². The predicted octanol–water partition coefficient (Wildman–Crippen LogP) is 3.65. The number of hydrogen-bond donors (Lipinski definition) is 0. The van der Waals surface area contributed by atoms with Gasteiger partial charge in [-0.25, -0.2) is 4.98 Å². The maximum absolute atomic E-state index is 6.07. The van der Waals surface area contributed by atoms with Gasteiger partial charge < -0.3 is 4.90 Å². The molecule has 0 amide bonds. The summed E-state index contributed by atoms with van der Waals surface area (Å²) in [5.74, 6) is 1.59. The topological polar surface area (TPSA) is 19.4 Å². The average molecular weight is 359 g/mol. The van der Waals surface area contributed by atoms with E-state index in [1.807, 2.05) is 6.20 Å². The van der Waals surface area contributed by atoms with Crippen LogP contribution in [0.25, 0.3) is 0 Å². The van der Waals surface area contributed by atoms with Crippen LogP contribution >= 0.6 is 27.5 Å². The van der Waals surface area contributed by atoms with Crippen molar-refractivity contribution in [2.45, 2.75) is 37.6 Å². The molecule has 0 bridgehead atoms. The molecule has 1 aromatic rings. The van der Waals surface area contributed by atoms with E-state index < -0.39 is 0 Å². The summed E-state index contributed by atoms with van der Waals surface area (Å²) >= 11 is 9.54. The summed E-state index contributed by atoms with van der Waals surface area (Å²) in [6.07, 6.45) is 7.25. The summed E-state index contributed by atoms with van der Waals surface area (Å²) in [5, 5.41) is 0. The molecule has 0 aliphatic carbocycles. The Morgan fingerprint density at radius 1 is 1.25 bits per heavy atom. The fourth-order valence-corrected chi connectivity index (χ4v) is 3.95. The van der Waals surface area contributed by atoms with Crippen molar-refractivity contribution in [3.63, 3.8) is 0 Å². The van der Waals surface area contributed by atoms with Gasteiger partial charge in [0.2, 0.25) is 0 Å². The standard InChI is InChI=1S/C15H21BrClN3/c16-13-8-12(9-17)15(18-10-13)20-7-4-14(11-20)19-5-2-1-3-6-19/h8,10,14H,1-7,9,11H2. The van der Waals surface area contributed by atoms with Crippen LogP contribution in [0.15, 0.2) is 16.7 Å². The van der Waals surface area contributed by atoms with Crippen LogP contribution in [0.2, 0.25) is 0 Å². The molecule has 2 fully saturated rings. The number of halogens is 2. The van der Waals surface area contributed by atoms with E-state index in [1.165, 1.54) is 38.8 Å². The maximum Gasteiger partial charge on any atom is 0.133 e. The van der Waals surface area contributed by atoms with Gasteiger partial charge in [-0.3, -0.25) is 4.90 Å². The van der Waals surface area contributed by atoms with E-state index in [0.717, 1.165) is 28.9 Å². The summed E-state index contributed by atoms with van der Waals surface area (Å²) in [6.45, 7) is 4.74. The quantitative estimate of drug-likeness (QED) is 0.769. The minimum atomic E-state index is 0.520. The number of piperidine rings is 1. The van der Waals surface area contributed by atoms with Crippen LogP contribution in [-0.2, 0) is 5.88 Å². The van der Waals surface area contributed by atoms with Crippen LogP contribution in [0.5, 0.6) is 0 Å². The number of aromatic nitrogens is 1. The summed E-state index contributed by atoms with van der Waals surface area (Å²) < 4.78 is 1.00. The Kier molecular flexibility index (Phi) is 4.84. The fraction of sp³-hybridized carbons (Fsp3) is 0.667. The molecular formula is C15H21BrClN3. The second-order valence-corrected chi connectivity index (χ2v) is 6.94. The maximum atomic E-state index is 6.07. The highest BCUT2D eigenvalue weighted by molar-refractivity contribution is 9.10. The Labute approximate surface area is 134 Å². The minimum absolute atomic E-state index is 0.520. The molecule has 0 aromatic carbocycles. The highest BCUT2D eigenvalue weighted by Gasteiger charge is 2.29. The zero-order chi connectivity index (χ0) is 13.9. The Morgan fingerprint density at radius 2 is 2.05 bits per heavy atom. The molecule has 110 valence electrons. The molecule has 0 N–H and O–H groups in total. The molecule has 2 saturated heterocycles. The SMILES string of the molecule is ClCc1cc(Br)cnc1N1CCC(N2CCCCC2)C1. The molecule has 3 heterocycles. The molecule has 1 unspecified atom stereocenters. The van der Waals surface area contributed by atoms with Gasteiger partial charge in [-0.1, -0.05) is 6.42 Å². The molecule has 0 spiro atoms. The van der Waals surface area contributed by atoms with Crippen LogP contribution in [0.3, 0.4) is 0 Å². The van der Waals surface area contributed by atoms with Gasteiger partial charge in [-0.05, 0) is 54.3 Å². The summed E-state index contributed by atoms with van der Waals surface area (Å²) in [5.41, 5.74) is 1.13. The van der Waals surface area contributed by atoms with Crippen LogP contribution in [0, 0.1) is 0 Å². The van der Waals surface area contributed by atoms with Gasteiger partial charge in [0.1, 0.15) is 5.82 Å². The van der Waals surface area contributed by atoms with Gasteiger partial charge in [0, 0.05) is 35.4 Å². The van der Waals surface area contributed by atoms with E-state index in [-0.39, 0.29) is 0 Å². The first kappa shape index (κ1) is 14.6. The zero-order valence-electron chi connectivity index (χ0n) is 11.7. The van der Waals surface area contributed by atoms with Gasteiger partial charge >= 0.3 is 0 Å². The average Bonchev–Trinajstić information content (AvgIpc) is 2.97. The largest absolute Gasteiger partial charge is 0.355 e. The fourth-order valence-electron chi connectivity index (χ4n) is 3.37. The molecular weight excluding hydrogens is 338 g/mol. The predicted molar refractivity (Wildman–Crippen MR) is 87.5 cm³/mol. The lowest BCUT2D eigenvalue weighted by atomic mass is 10.1. The first-order valence-corrected chi connectivity index (χ1v) is 8.80. The molecule has 3 rings (SSSR count). The highest BCUT2D eigenvalue weighted by atomic mass is 79.9. The lowest BCUT2D eigenvalue weighted by Crippen LogP contribution is -2.41. The number of pyridine rings is 1. The molecule has 5 heteroatoms. The molecule has 2 aliphatic heterocycles. The Hall–Kier alpha value is -0.320. The minimum Gasteiger partial charge on any atom is -0.355 e. The lowest BCUT2D eigenvalue weighted by Gasteiger charge is -2.32. The van der Waals surface area contributed by atoms with Gasteiger partial charge in [0.15, 0.2) is 0 Å². The van der Waals surface area contributed by atoms with Crippen molar-refractivity contribution in [3.8, 4) is 0 Å². The van der Waals surface area contributed by atoms with E-state index in [4.69, 9.17) is 11.6 Å². The molecule has 0 saturated carbocycles. The molecule has 20 heavy (non-hydrogen) atoms. The van der Waals surface area contributed by atoms with Gasteiger partial charge in [0.25, 0.3) is 0 Å². The van der Waals surface area contributed by atoms with E-state index in [2.05, 4.69) is 36.8 Å². The molecule has 3 nitrogen and oxygen atoms in total. The van der Waals surface area contributed by atoms with Gasteiger partial charge in [-0.15, -0.1) is 11.6 Å². The zero-order valence-corrected chi connectivity index (χ0v) is 14.0. The number of anilines is 1. The van der Waals surface area contributed by atoms with E-state index in [1.54, 1.807) is 0 Å². The van der Waals surface area contributed by atoms with Crippen molar-refractivity contribution in [2.75, 3.05) is 31.1 Å². The second kappa shape index (κ2) is 6.63. The normalized spacial score (nSPS) is 24.3. The second-order valence-electron chi connectivity index (χ2n) is 5.76. The van der Waals surface area contributed by atoms with Crippen LogP contribution in [0.4, 0.5) is 5.82 Å². The monoisotopic (exact) mass is 357 g/mol. The Bertz CT molecular complexity index is 462. The lowest BCUT2D eigenvalue weighted by molar-refractivity contribution is 0.175.